The van der Waals surface area contributed by atoms with Crippen LogP contribution in [0, 0.1) is 5.92 Å². The van der Waals surface area contributed by atoms with Crippen LogP contribution in [0.5, 0.6) is 11.5 Å². The molecule has 1 fully saturated rings. The first-order chi connectivity index (χ1) is 11.3. The molecular formula is C18H18N2O3. The van der Waals surface area contributed by atoms with Gasteiger partial charge in [-0.15, -0.1) is 0 Å². The first kappa shape index (κ1) is 14.1. The fourth-order valence-corrected chi connectivity index (χ4v) is 3.25. The van der Waals surface area contributed by atoms with E-state index in [1.54, 1.807) is 12.1 Å². The monoisotopic (exact) mass is 310 g/mol. The summed E-state index contributed by atoms with van der Waals surface area (Å²) in [5, 5.41) is 0. The molecule has 1 saturated heterocycles. The molecule has 0 saturated carbocycles. The first-order valence-electron chi connectivity index (χ1n) is 7.87. The van der Waals surface area contributed by atoms with Crippen molar-refractivity contribution in [2.75, 3.05) is 19.9 Å². The van der Waals surface area contributed by atoms with Crippen LogP contribution in [0.15, 0.2) is 42.7 Å². The molecule has 5 nitrogen and oxygen atoms in total. The average molecular weight is 310 g/mol. The van der Waals surface area contributed by atoms with Crippen LogP contribution in [0.2, 0.25) is 0 Å². The zero-order valence-electron chi connectivity index (χ0n) is 12.8. The molecule has 5 heteroatoms. The molecular weight excluding hydrogens is 292 g/mol. The van der Waals surface area contributed by atoms with Crippen LogP contribution in [0.4, 0.5) is 0 Å². The molecule has 0 radical (unpaired) electrons. The Bertz CT molecular complexity index is 717. The summed E-state index contributed by atoms with van der Waals surface area (Å²) in [7, 11) is 0. The third kappa shape index (κ3) is 2.86. The second-order valence-corrected chi connectivity index (χ2v) is 6.03. The fraction of sp³-hybridized carbons (Fsp3) is 0.333. The molecule has 1 aromatic carbocycles. The molecule has 4 rings (SSSR count). The van der Waals surface area contributed by atoms with Crippen molar-refractivity contribution in [3.05, 3.63) is 53.9 Å². The number of nitrogens with zero attached hydrogens (tertiary/aromatic N) is 2. The van der Waals surface area contributed by atoms with Gasteiger partial charge in [-0.1, -0.05) is 0 Å². The number of amides is 1. The number of benzene rings is 1. The topological polar surface area (TPSA) is 51.7 Å². The van der Waals surface area contributed by atoms with E-state index in [1.807, 2.05) is 35.5 Å². The largest absolute Gasteiger partial charge is 0.454 e. The van der Waals surface area contributed by atoms with E-state index in [0.717, 1.165) is 25.9 Å². The average Bonchev–Trinajstić information content (AvgIpc) is 3.23. The van der Waals surface area contributed by atoms with Gasteiger partial charge in [-0.3, -0.25) is 9.78 Å². The van der Waals surface area contributed by atoms with E-state index in [-0.39, 0.29) is 12.7 Å². The third-order valence-corrected chi connectivity index (χ3v) is 4.47. The molecule has 0 bridgehead atoms. The van der Waals surface area contributed by atoms with Crippen molar-refractivity contribution in [1.29, 1.82) is 0 Å². The van der Waals surface area contributed by atoms with Crippen molar-refractivity contribution >= 4 is 5.91 Å². The van der Waals surface area contributed by atoms with Crippen molar-refractivity contribution in [3.8, 4) is 11.5 Å². The lowest BCUT2D eigenvalue weighted by molar-refractivity contribution is 0.0786. The highest BCUT2D eigenvalue weighted by molar-refractivity contribution is 5.95. The molecule has 1 amide bonds. The summed E-state index contributed by atoms with van der Waals surface area (Å²) in [5.74, 6) is 1.94. The molecule has 0 spiro atoms. The Morgan fingerprint density at radius 3 is 2.87 bits per heavy atom. The highest BCUT2D eigenvalue weighted by Crippen LogP contribution is 2.33. The summed E-state index contributed by atoms with van der Waals surface area (Å²) in [6.45, 7) is 1.84. The number of fused-ring (bicyclic) bond motifs is 1. The number of carbonyl (C=O) groups excluding carboxylic acids is 1. The lowest BCUT2D eigenvalue weighted by Crippen LogP contribution is -2.28. The fourth-order valence-electron chi connectivity index (χ4n) is 3.25. The van der Waals surface area contributed by atoms with E-state index < -0.39 is 0 Å². The van der Waals surface area contributed by atoms with E-state index in [9.17, 15) is 4.79 Å². The third-order valence-electron chi connectivity index (χ3n) is 4.47. The molecule has 1 aromatic heterocycles. The Morgan fingerprint density at radius 1 is 1.17 bits per heavy atom. The number of likely N-dealkylation sites (tertiary alicyclic amines) is 1. The van der Waals surface area contributed by atoms with E-state index in [1.165, 1.54) is 5.56 Å². The van der Waals surface area contributed by atoms with Gasteiger partial charge in [0.1, 0.15) is 0 Å². The van der Waals surface area contributed by atoms with Gasteiger partial charge in [0.2, 0.25) is 6.79 Å². The Balaban J connectivity index is 1.42. The van der Waals surface area contributed by atoms with E-state index in [0.29, 0.717) is 23.0 Å². The molecule has 2 aromatic rings. The SMILES string of the molecule is O=C(c1ccc2c(c1)OCO2)N1CCC(Cc2ccncc2)C1. The lowest BCUT2D eigenvalue weighted by atomic mass is 10.00. The first-order valence-corrected chi connectivity index (χ1v) is 7.87. The van der Waals surface area contributed by atoms with Crippen molar-refractivity contribution in [1.82, 2.24) is 9.88 Å². The Labute approximate surface area is 134 Å². The Morgan fingerprint density at radius 2 is 2.00 bits per heavy atom. The highest BCUT2D eigenvalue weighted by atomic mass is 16.7. The summed E-state index contributed by atoms with van der Waals surface area (Å²) < 4.78 is 10.6. The van der Waals surface area contributed by atoms with Gasteiger partial charge in [0.05, 0.1) is 0 Å². The maximum atomic E-state index is 12.7. The minimum Gasteiger partial charge on any atom is -0.454 e. The summed E-state index contributed by atoms with van der Waals surface area (Å²) in [4.78, 5) is 18.6. The minimum atomic E-state index is 0.0699. The zero-order valence-corrected chi connectivity index (χ0v) is 12.8. The van der Waals surface area contributed by atoms with Gasteiger partial charge in [0.15, 0.2) is 11.5 Å². The predicted molar refractivity (Wildman–Crippen MR) is 84.5 cm³/mol. The molecule has 2 aliphatic rings. The lowest BCUT2D eigenvalue weighted by Gasteiger charge is -2.17. The minimum absolute atomic E-state index is 0.0699. The van der Waals surface area contributed by atoms with Gasteiger partial charge < -0.3 is 14.4 Å². The van der Waals surface area contributed by atoms with Crippen molar-refractivity contribution < 1.29 is 14.3 Å². The van der Waals surface area contributed by atoms with Gasteiger partial charge in [-0.2, -0.15) is 0 Å². The van der Waals surface area contributed by atoms with Crippen LogP contribution < -0.4 is 9.47 Å². The zero-order chi connectivity index (χ0) is 15.6. The number of hydrogen-bond acceptors (Lipinski definition) is 4. The molecule has 2 aliphatic heterocycles. The molecule has 0 N–H and O–H groups in total. The van der Waals surface area contributed by atoms with Crippen molar-refractivity contribution in [3.63, 3.8) is 0 Å². The number of pyridine rings is 1. The molecule has 1 atom stereocenters. The molecule has 118 valence electrons. The normalized spacial score (nSPS) is 19.1. The molecule has 1 unspecified atom stereocenters. The smallest absolute Gasteiger partial charge is 0.254 e. The van der Waals surface area contributed by atoms with Crippen LogP contribution >= 0.6 is 0 Å². The van der Waals surface area contributed by atoms with Crippen molar-refractivity contribution in [2.45, 2.75) is 12.8 Å². The van der Waals surface area contributed by atoms with E-state index in [2.05, 4.69) is 4.98 Å². The van der Waals surface area contributed by atoms with Crippen LogP contribution in [0.3, 0.4) is 0 Å². The van der Waals surface area contributed by atoms with Crippen LogP contribution in [-0.2, 0) is 6.42 Å². The number of rotatable bonds is 3. The van der Waals surface area contributed by atoms with E-state index >= 15 is 0 Å². The number of carbonyl (C=O) groups is 1. The molecule has 23 heavy (non-hydrogen) atoms. The maximum Gasteiger partial charge on any atom is 0.254 e. The van der Waals surface area contributed by atoms with Crippen LogP contribution in [0.25, 0.3) is 0 Å². The maximum absolute atomic E-state index is 12.7. The van der Waals surface area contributed by atoms with Gasteiger partial charge >= 0.3 is 0 Å². The van der Waals surface area contributed by atoms with Gasteiger partial charge in [0.25, 0.3) is 5.91 Å². The van der Waals surface area contributed by atoms with Crippen LogP contribution in [0.1, 0.15) is 22.3 Å². The number of aromatic nitrogens is 1. The van der Waals surface area contributed by atoms with Crippen LogP contribution in [-0.4, -0.2) is 35.7 Å². The second-order valence-electron chi connectivity index (χ2n) is 6.03. The molecule has 3 heterocycles. The van der Waals surface area contributed by atoms with Gasteiger partial charge in [0, 0.05) is 31.0 Å². The summed E-state index contributed by atoms with van der Waals surface area (Å²) >= 11 is 0. The second kappa shape index (κ2) is 5.91. The van der Waals surface area contributed by atoms with Gasteiger partial charge in [-0.05, 0) is 54.7 Å². The summed E-state index contributed by atoms with van der Waals surface area (Å²) in [6.07, 6.45) is 5.67. The quantitative estimate of drug-likeness (QED) is 0.874. The van der Waals surface area contributed by atoms with Gasteiger partial charge in [-0.25, -0.2) is 0 Å². The standard InChI is InChI=1S/C18H18N2O3/c21-18(15-1-2-16-17(10-15)23-12-22-16)20-8-5-14(11-20)9-13-3-6-19-7-4-13/h1-4,6-7,10,14H,5,8-9,11-12H2. The predicted octanol–water partition coefficient (Wildman–Crippen LogP) is 2.52. The van der Waals surface area contributed by atoms with E-state index in [4.69, 9.17) is 9.47 Å². The molecule has 0 aliphatic carbocycles. The van der Waals surface area contributed by atoms with Crippen molar-refractivity contribution in [2.24, 2.45) is 5.92 Å². The number of hydrogen-bond donors (Lipinski definition) is 0. The summed E-state index contributed by atoms with van der Waals surface area (Å²) in [6, 6.07) is 9.48. The Kier molecular flexibility index (Phi) is 3.61. The summed E-state index contributed by atoms with van der Waals surface area (Å²) in [5.41, 5.74) is 1.95. The number of ether oxygens (including phenoxy) is 2. The highest BCUT2D eigenvalue weighted by Gasteiger charge is 2.28. The Hall–Kier alpha value is -2.56.